The van der Waals surface area contributed by atoms with Crippen LogP contribution < -0.4 is 5.32 Å². The van der Waals surface area contributed by atoms with Crippen LogP contribution in [-0.2, 0) is 0 Å². The van der Waals surface area contributed by atoms with E-state index in [1.807, 2.05) is 18.2 Å². The number of aliphatic hydroxyl groups is 1. The summed E-state index contributed by atoms with van der Waals surface area (Å²) in [7, 11) is 0. The minimum atomic E-state index is -0.500. The van der Waals surface area contributed by atoms with Crippen molar-refractivity contribution < 1.29 is 5.11 Å². The Kier molecular flexibility index (Phi) is 3.78. The van der Waals surface area contributed by atoms with Gasteiger partial charge in [-0.2, -0.15) is 0 Å². The molecule has 1 aromatic carbocycles. The summed E-state index contributed by atoms with van der Waals surface area (Å²) in [6, 6.07) is 5.99. The van der Waals surface area contributed by atoms with Crippen molar-refractivity contribution in [3.8, 4) is 0 Å². The monoisotopic (exact) mass is 299 g/mol. The van der Waals surface area contributed by atoms with Gasteiger partial charge in [-0.25, -0.2) is 0 Å². The summed E-state index contributed by atoms with van der Waals surface area (Å²) in [5.74, 6) is 0.284. The number of piperidine rings is 1. The fourth-order valence-corrected chi connectivity index (χ4v) is 3.99. The second-order valence-electron chi connectivity index (χ2n) is 5.81. The van der Waals surface area contributed by atoms with Crippen LogP contribution in [0.15, 0.2) is 18.2 Å². The third-order valence-corrected chi connectivity index (χ3v) is 5.43. The maximum Gasteiger partial charge on any atom is 0.0706 e. The fourth-order valence-electron chi connectivity index (χ4n) is 3.68. The first kappa shape index (κ1) is 13.7. The molecule has 1 aromatic rings. The van der Waals surface area contributed by atoms with Gasteiger partial charge in [0, 0.05) is 12.0 Å². The van der Waals surface area contributed by atoms with Crippen LogP contribution in [0.5, 0.6) is 0 Å². The van der Waals surface area contributed by atoms with Crippen LogP contribution >= 0.6 is 23.2 Å². The van der Waals surface area contributed by atoms with Gasteiger partial charge in [0.05, 0.1) is 15.6 Å². The molecule has 19 heavy (non-hydrogen) atoms. The molecule has 2 aliphatic rings. The lowest BCUT2D eigenvalue weighted by Gasteiger charge is -2.48. The van der Waals surface area contributed by atoms with Crippen molar-refractivity contribution in [1.29, 1.82) is 0 Å². The van der Waals surface area contributed by atoms with E-state index in [0.717, 1.165) is 37.8 Å². The fraction of sp³-hybridized carbons (Fsp3) is 0.600. The van der Waals surface area contributed by atoms with Gasteiger partial charge in [-0.1, -0.05) is 42.1 Å². The van der Waals surface area contributed by atoms with E-state index >= 15 is 0 Å². The Labute approximate surface area is 124 Å². The van der Waals surface area contributed by atoms with Gasteiger partial charge in [-0.15, -0.1) is 0 Å². The van der Waals surface area contributed by atoms with Crippen molar-refractivity contribution in [3.05, 3.63) is 33.8 Å². The highest BCUT2D eigenvalue weighted by molar-refractivity contribution is 6.42. The number of fused-ring (bicyclic) bond motifs is 1. The Bertz CT molecular complexity index is 475. The molecule has 1 saturated heterocycles. The van der Waals surface area contributed by atoms with Crippen molar-refractivity contribution in [3.63, 3.8) is 0 Å². The summed E-state index contributed by atoms with van der Waals surface area (Å²) in [4.78, 5) is 0. The van der Waals surface area contributed by atoms with E-state index in [1.54, 1.807) is 0 Å². The van der Waals surface area contributed by atoms with Crippen molar-refractivity contribution >= 4 is 23.2 Å². The average Bonchev–Trinajstić information content (AvgIpc) is 2.40. The zero-order chi connectivity index (χ0) is 13.5. The van der Waals surface area contributed by atoms with Crippen molar-refractivity contribution in [2.24, 2.45) is 5.92 Å². The molecule has 1 aliphatic heterocycles. The summed E-state index contributed by atoms with van der Waals surface area (Å²) in [6.45, 7) is 0.859. The maximum absolute atomic E-state index is 10.8. The molecule has 0 bridgehead atoms. The first-order valence-electron chi connectivity index (χ1n) is 7.01. The van der Waals surface area contributed by atoms with Crippen LogP contribution in [0.1, 0.15) is 43.7 Å². The predicted molar refractivity (Wildman–Crippen MR) is 78.7 cm³/mol. The van der Waals surface area contributed by atoms with Crippen LogP contribution in [0.2, 0.25) is 10.0 Å². The van der Waals surface area contributed by atoms with Gasteiger partial charge in [-0.3, -0.25) is 0 Å². The topological polar surface area (TPSA) is 32.3 Å². The smallest absolute Gasteiger partial charge is 0.0706 e. The number of halogens is 2. The Balaban J connectivity index is 1.92. The Morgan fingerprint density at radius 1 is 1.16 bits per heavy atom. The molecule has 0 unspecified atom stereocenters. The molecular weight excluding hydrogens is 281 g/mol. The van der Waals surface area contributed by atoms with Crippen molar-refractivity contribution in [2.45, 2.75) is 43.7 Å². The standard InChI is InChI=1S/C15H19Cl2NO/c16-12-5-4-10(9-13(12)17)14-11-3-1-2-6-15(11,19)7-8-18-14/h4-5,9,11,14,18-19H,1-3,6-8H2/t11-,14+,15+/m0/s1. The molecule has 0 spiro atoms. The van der Waals surface area contributed by atoms with E-state index < -0.39 is 5.60 Å². The first-order chi connectivity index (χ1) is 9.10. The minimum absolute atomic E-state index is 0.189. The Morgan fingerprint density at radius 3 is 2.79 bits per heavy atom. The molecule has 2 fully saturated rings. The molecule has 1 aliphatic carbocycles. The summed E-state index contributed by atoms with van der Waals surface area (Å²) < 4.78 is 0. The minimum Gasteiger partial charge on any atom is -0.389 e. The van der Waals surface area contributed by atoms with Gasteiger partial charge >= 0.3 is 0 Å². The molecule has 2 N–H and O–H groups in total. The lowest BCUT2D eigenvalue weighted by molar-refractivity contribution is -0.0861. The number of benzene rings is 1. The van der Waals surface area contributed by atoms with Crippen LogP contribution in [0.25, 0.3) is 0 Å². The second kappa shape index (κ2) is 5.25. The number of nitrogens with one attached hydrogen (secondary N) is 1. The first-order valence-corrected chi connectivity index (χ1v) is 7.76. The van der Waals surface area contributed by atoms with E-state index in [2.05, 4.69) is 5.32 Å². The lowest BCUT2D eigenvalue weighted by atomic mass is 9.67. The predicted octanol–water partition coefficient (Wildman–Crippen LogP) is 3.95. The van der Waals surface area contributed by atoms with Gasteiger partial charge in [0.2, 0.25) is 0 Å². The SMILES string of the molecule is O[C@@]12CCCC[C@H]1[C@@H](c1ccc(Cl)c(Cl)c1)NCC2. The quantitative estimate of drug-likeness (QED) is 0.823. The Morgan fingerprint density at radius 2 is 2.00 bits per heavy atom. The van der Waals surface area contributed by atoms with Crippen LogP contribution in [0.4, 0.5) is 0 Å². The molecule has 104 valence electrons. The van der Waals surface area contributed by atoms with Gasteiger partial charge < -0.3 is 10.4 Å². The van der Waals surface area contributed by atoms with E-state index in [4.69, 9.17) is 23.2 Å². The molecule has 0 radical (unpaired) electrons. The third-order valence-electron chi connectivity index (χ3n) is 4.69. The second-order valence-corrected chi connectivity index (χ2v) is 6.63. The summed E-state index contributed by atoms with van der Waals surface area (Å²) >= 11 is 12.1. The normalized spacial score (nSPS) is 34.9. The third kappa shape index (κ3) is 2.52. The highest BCUT2D eigenvalue weighted by atomic mass is 35.5. The summed E-state index contributed by atoms with van der Waals surface area (Å²) in [6.07, 6.45) is 5.20. The van der Waals surface area contributed by atoms with Crippen LogP contribution in [0.3, 0.4) is 0 Å². The number of hydrogen-bond donors (Lipinski definition) is 2. The van der Waals surface area contributed by atoms with Gasteiger partial charge in [0.1, 0.15) is 0 Å². The van der Waals surface area contributed by atoms with Gasteiger partial charge in [-0.05, 0) is 43.5 Å². The number of hydrogen-bond acceptors (Lipinski definition) is 2. The van der Waals surface area contributed by atoms with E-state index in [1.165, 1.54) is 6.42 Å². The largest absolute Gasteiger partial charge is 0.389 e. The van der Waals surface area contributed by atoms with E-state index in [9.17, 15) is 5.11 Å². The molecule has 3 atom stereocenters. The van der Waals surface area contributed by atoms with Gasteiger partial charge in [0.25, 0.3) is 0 Å². The van der Waals surface area contributed by atoms with E-state index in [0.29, 0.717) is 10.0 Å². The molecule has 4 heteroatoms. The molecule has 1 heterocycles. The van der Waals surface area contributed by atoms with Crippen LogP contribution in [0, 0.1) is 5.92 Å². The summed E-state index contributed by atoms with van der Waals surface area (Å²) in [5.41, 5.74) is 0.639. The molecule has 3 rings (SSSR count). The zero-order valence-electron chi connectivity index (χ0n) is 10.8. The molecular formula is C15H19Cl2NO. The molecule has 0 aromatic heterocycles. The maximum atomic E-state index is 10.8. The highest BCUT2D eigenvalue weighted by Crippen LogP contribution is 2.46. The average molecular weight is 300 g/mol. The Hall–Kier alpha value is -0.280. The highest BCUT2D eigenvalue weighted by Gasteiger charge is 2.45. The lowest BCUT2D eigenvalue weighted by Crippen LogP contribution is -2.53. The van der Waals surface area contributed by atoms with Crippen LogP contribution in [-0.4, -0.2) is 17.3 Å². The van der Waals surface area contributed by atoms with Crippen molar-refractivity contribution in [1.82, 2.24) is 5.32 Å². The van der Waals surface area contributed by atoms with Gasteiger partial charge in [0.15, 0.2) is 0 Å². The zero-order valence-corrected chi connectivity index (χ0v) is 12.3. The molecule has 1 saturated carbocycles. The van der Waals surface area contributed by atoms with Crippen molar-refractivity contribution in [2.75, 3.05) is 6.54 Å². The molecule has 0 amide bonds. The summed E-state index contributed by atoms with van der Waals surface area (Å²) in [5, 5.41) is 15.6. The van der Waals surface area contributed by atoms with E-state index in [-0.39, 0.29) is 12.0 Å². The number of rotatable bonds is 1. The molecule has 2 nitrogen and oxygen atoms in total.